The average molecular weight is 436 g/mol. The number of hydrogen-bond acceptors (Lipinski definition) is 3. The summed E-state index contributed by atoms with van der Waals surface area (Å²) in [6, 6.07) is 9.58. The van der Waals surface area contributed by atoms with E-state index in [9.17, 15) is 28.1 Å². The Hall–Kier alpha value is -3.33. The van der Waals surface area contributed by atoms with Crippen LogP contribution in [0.2, 0.25) is 5.02 Å². The topological polar surface area (TPSA) is 80.9 Å². The second kappa shape index (κ2) is 6.88. The van der Waals surface area contributed by atoms with E-state index in [2.05, 4.69) is 4.98 Å². The minimum Gasteiger partial charge on any atom is -0.331 e. The lowest BCUT2D eigenvalue weighted by atomic mass is 10.0. The van der Waals surface area contributed by atoms with Crippen molar-refractivity contribution in [2.75, 3.05) is 0 Å². The smallest absolute Gasteiger partial charge is 0.331 e. The van der Waals surface area contributed by atoms with Crippen LogP contribution in [0.3, 0.4) is 0 Å². The van der Waals surface area contributed by atoms with E-state index < -0.39 is 23.2 Å². The average Bonchev–Trinajstić information content (AvgIpc) is 2.91. The molecule has 0 aliphatic heterocycles. The molecule has 0 spiro atoms. The highest BCUT2D eigenvalue weighted by molar-refractivity contribution is 6.37. The molecule has 0 aliphatic rings. The summed E-state index contributed by atoms with van der Waals surface area (Å²) in [5, 5.41) is 12.1. The summed E-state index contributed by atoms with van der Waals surface area (Å²) in [6.07, 6.45) is -4.53. The number of benzene rings is 2. The van der Waals surface area contributed by atoms with Gasteiger partial charge < -0.3 is 9.55 Å². The predicted octanol–water partition coefficient (Wildman–Crippen LogP) is 5.58. The van der Waals surface area contributed by atoms with Gasteiger partial charge in [0.25, 0.3) is 5.69 Å². The number of non-ortho nitro benzene ring substituents is 1. The zero-order chi connectivity index (χ0) is 21.8. The Morgan fingerprint density at radius 1 is 1.17 bits per heavy atom. The summed E-state index contributed by atoms with van der Waals surface area (Å²) in [5.41, 5.74) is 0.914. The van der Waals surface area contributed by atoms with E-state index in [1.54, 1.807) is 6.92 Å². The van der Waals surface area contributed by atoms with E-state index in [1.807, 2.05) is 0 Å². The molecule has 4 aromatic rings. The first-order chi connectivity index (χ1) is 14.1. The lowest BCUT2D eigenvalue weighted by Gasteiger charge is -2.14. The van der Waals surface area contributed by atoms with Crippen LogP contribution in [0.25, 0.3) is 33.1 Å². The van der Waals surface area contributed by atoms with Gasteiger partial charge in [-0.1, -0.05) is 23.7 Å². The Morgan fingerprint density at radius 2 is 1.90 bits per heavy atom. The number of aryl methyl sites for hydroxylation is 1. The molecule has 10 heteroatoms. The highest BCUT2D eigenvalue weighted by Crippen LogP contribution is 2.40. The van der Waals surface area contributed by atoms with Crippen LogP contribution in [0.1, 0.15) is 5.56 Å². The van der Waals surface area contributed by atoms with E-state index in [0.29, 0.717) is 21.9 Å². The summed E-state index contributed by atoms with van der Waals surface area (Å²) >= 11 is 6.28. The van der Waals surface area contributed by atoms with Crippen LogP contribution in [-0.4, -0.2) is 20.7 Å². The van der Waals surface area contributed by atoms with Crippen molar-refractivity contribution in [2.24, 2.45) is 0 Å². The highest BCUT2D eigenvalue weighted by Gasteiger charge is 2.32. The molecule has 2 heterocycles. The number of aromatic nitrogens is 2. The molecule has 2 aromatic heterocycles. The van der Waals surface area contributed by atoms with E-state index >= 15 is 0 Å². The summed E-state index contributed by atoms with van der Waals surface area (Å²) in [7, 11) is 0. The third kappa shape index (κ3) is 3.30. The van der Waals surface area contributed by atoms with Crippen molar-refractivity contribution in [3.8, 4) is 11.3 Å². The molecule has 0 unspecified atom stereocenters. The van der Waals surface area contributed by atoms with E-state index in [1.165, 1.54) is 36.4 Å². The molecule has 0 fully saturated rings. The van der Waals surface area contributed by atoms with Crippen LogP contribution in [-0.2, 0) is 6.54 Å². The Kier molecular flexibility index (Phi) is 4.58. The first kappa shape index (κ1) is 20.0. The monoisotopic (exact) mass is 435 g/mol. The Balaban J connectivity index is 2.16. The number of halogens is 4. The van der Waals surface area contributed by atoms with Crippen molar-refractivity contribution in [1.29, 1.82) is 0 Å². The Bertz CT molecular complexity index is 1390. The largest absolute Gasteiger partial charge is 0.406 e. The van der Waals surface area contributed by atoms with Gasteiger partial charge in [-0.3, -0.25) is 14.9 Å². The van der Waals surface area contributed by atoms with Crippen LogP contribution in [0.5, 0.6) is 0 Å². The number of H-pyrrole nitrogens is 1. The molecule has 0 saturated heterocycles. The van der Waals surface area contributed by atoms with Gasteiger partial charge in [0.15, 0.2) is 0 Å². The number of fused-ring (bicyclic) bond motifs is 3. The molecule has 0 radical (unpaired) electrons. The highest BCUT2D eigenvalue weighted by atomic mass is 35.5. The molecule has 154 valence electrons. The van der Waals surface area contributed by atoms with Gasteiger partial charge in [-0.05, 0) is 24.6 Å². The number of alkyl halides is 3. The van der Waals surface area contributed by atoms with Crippen molar-refractivity contribution < 1.29 is 18.1 Å². The van der Waals surface area contributed by atoms with Crippen LogP contribution in [0, 0.1) is 17.0 Å². The summed E-state index contributed by atoms with van der Waals surface area (Å²) in [5.74, 6) is 0. The molecule has 4 rings (SSSR count). The Morgan fingerprint density at radius 3 is 2.57 bits per heavy atom. The van der Waals surface area contributed by atoms with Gasteiger partial charge in [0.1, 0.15) is 6.54 Å². The zero-order valence-electron chi connectivity index (χ0n) is 15.4. The van der Waals surface area contributed by atoms with Gasteiger partial charge in [0.2, 0.25) is 5.56 Å². The van der Waals surface area contributed by atoms with Crippen molar-refractivity contribution in [3.63, 3.8) is 0 Å². The molecular formula is C20H13ClF3N3O3. The fourth-order valence-corrected chi connectivity index (χ4v) is 4.12. The van der Waals surface area contributed by atoms with Gasteiger partial charge in [-0.15, -0.1) is 0 Å². The number of rotatable bonds is 3. The first-order valence-corrected chi connectivity index (χ1v) is 9.10. The molecule has 30 heavy (non-hydrogen) atoms. The number of nitro groups is 1. The standard InChI is InChI=1S/C20H13ClF3N3O3/c1-10-17-15(6-5-14-18(17)13(21)8-16(28)25-14)26(9-20(22,23)24)19(10)11-3-2-4-12(7-11)27(29)30/h2-8H,9H2,1H3,(H,25,28). The summed E-state index contributed by atoms with van der Waals surface area (Å²) in [6.45, 7) is 0.339. The van der Waals surface area contributed by atoms with Gasteiger partial charge in [0.05, 0.1) is 21.2 Å². The number of nitro benzene ring substituents is 1. The lowest BCUT2D eigenvalue weighted by molar-refractivity contribution is -0.384. The molecule has 6 nitrogen and oxygen atoms in total. The second-order valence-electron chi connectivity index (χ2n) is 6.85. The third-order valence-electron chi connectivity index (χ3n) is 4.90. The number of aromatic amines is 1. The second-order valence-corrected chi connectivity index (χ2v) is 7.25. The quantitative estimate of drug-likeness (QED) is 0.337. The fourth-order valence-electron chi connectivity index (χ4n) is 3.83. The third-order valence-corrected chi connectivity index (χ3v) is 5.19. The Labute approximate surface area is 171 Å². The molecule has 0 saturated carbocycles. The van der Waals surface area contributed by atoms with Gasteiger partial charge in [-0.2, -0.15) is 13.2 Å². The van der Waals surface area contributed by atoms with Gasteiger partial charge in [-0.25, -0.2) is 0 Å². The maximum atomic E-state index is 13.4. The van der Waals surface area contributed by atoms with E-state index in [4.69, 9.17) is 11.6 Å². The van der Waals surface area contributed by atoms with Gasteiger partial charge in [0, 0.05) is 40.1 Å². The number of nitrogens with zero attached hydrogens (tertiary/aromatic N) is 2. The summed E-state index contributed by atoms with van der Waals surface area (Å²) < 4.78 is 41.3. The molecular weight excluding hydrogens is 423 g/mol. The number of hydrogen-bond donors (Lipinski definition) is 1. The molecule has 0 aliphatic carbocycles. The van der Waals surface area contributed by atoms with Crippen molar-refractivity contribution in [3.05, 3.63) is 73.5 Å². The predicted molar refractivity (Wildman–Crippen MR) is 108 cm³/mol. The lowest BCUT2D eigenvalue weighted by Crippen LogP contribution is -2.18. The summed E-state index contributed by atoms with van der Waals surface area (Å²) in [4.78, 5) is 24.9. The van der Waals surface area contributed by atoms with Crippen LogP contribution in [0.4, 0.5) is 18.9 Å². The van der Waals surface area contributed by atoms with Crippen LogP contribution < -0.4 is 5.56 Å². The van der Waals surface area contributed by atoms with Crippen molar-refractivity contribution in [2.45, 2.75) is 19.6 Å². The minimum absolute atomic E-state index is 0.109. The molecule has 0 bridgehead atoms. The minimum atomic E-state index is -4.53. The normalized spacial score (nSPS) is 12.0. The molecule has 0 amide bonds. The van der Waals surface area contributed by atoms with Crippen molar-refractivity contribution >= 4 is 39.1 Å². The fraction of sp³-hybridized carbons (Fsp3) is 0.150. The van der Waals surface area contributed by atoms with E-state index in [0.717, 1.165) is 10.6 Å². The maximum Gasteiger partial charge on any atom is 0.406 e. The zero-order valence-corrected chi connectivity index (χ0v) is 16.1. The number of nitrogens with one attached hydrogen (secondary N) is 1. The molecule has 2 aromatic carbocycles. The molecule has 1 N–H and O–H groups in total. The number of pyridine rings is 1. The molecule has 0 atom stereocenters. The first-order valence-electron chi connectivity index (χ1n) is 8.73. The van der Waals surface area contributed by atoms with Crippen molar-refractivity contribution in [1.82, 2.24) is 9.55 Å². The SMILES string of the molecule is Cc1c(-c2cccc([N+](=O)[O-])c2)n(CC(F)(F)F)c2ccc3[nH]c(=O)cc(Cl)c3c12. The maximum absolute atomic E-state index is 13.4. The van der Waals surface area contributed by atoms with E-state index in [-0.39, 0.29) is 27.5 Å². The van der Waals surface area contributed by atoms with Gasteiger partial charge >= 0.3 is 6.18 Å². The van der Waals surface area contributed by atoms with Crippen LogP contribution >= 0.6 is 11.6 Å². The van der Waals surface area contributed by atoms with Crippen LogP contribution in [0.15, 0.2) is 47.3 Å².